The quantitative estimate of drug-likeness (QED) is 0.788. The molecule has 2 fully saturated rings. The number of hydrogen-bond donors (Lipinski definition) is 0. The molecule has 1 amide bonds. The number of rotatable bonds is 3. The molecule has 1 aromatic heterocycles. The zero-order valence-electron chi connectivity index (χ0n) is 15.7. The van der Waals surface area contributed by atoms with Gasteiger partial charge in [0.1, 0.15) is 5.82 Å². The largest absolute Gasteiger partial charge is 0.353 e. The number of pyridine rings is 1. The third-order valence-electron chi connectivity index (χ3n) is 5.29. The lowest BCUT2D eigenvalue weighted by Crippen LogP contribution is -2.49. The molecule has 1 aromatic carbocycles. The maximum Gasteiger partial charge on any atom is 0.253 e. The number of piperazine rings is 1. The Bertz CT molecular complexity index is 924. The number of benzene rings is 1. The smallest absolute Gasteiger partial charge is 0.253 e. The van der Waals surface area contributed by atoms with E-state index < -0.39 is 10.0 Å². The molecule has 8 heteroatoms. The van der Waals surface area contributed by atoms with Gasteiger partial charge in [-0.2, -0.15) is 0 Å². The van der Waals surface area contributed by atoms with Gasteiger partial charge in [0.15, 0.2) is 0 Å². The molecule has 28 heavy (non-hydrogen) atoms. The van der Waals surface area contributed by atoms with Crippen LogP contribution in [0.25, 0.3) is 0 Å². The first-order chi connectivity index (χ1) is 13.5. The predicted molar refractivity (Wildman–Crippen MR) is 109 cm³/mol. The molecule has 2 aliphatic rings. The van der Waals surface area contributed by atoms with Crippen LogP contribution in [0.15, 0.2) is 48.7 Å². The Kier molecular flexibility index (Phi) is 5.21. The molecule has 0 radical (unpaired) electrons. The predicted octanol–water partition coefficient (Wildman–Crippen LogP) is 1.97. The number of aromatic nitrogens is 1. The van der Waals surface area contributed by atoms with Crippen molar-refractivity contribution in [1.82, 2.24) is 9.88 Å². The van der Waals surface area contributed by atoms with Crippen molar-refractivity contribution < 1.29 is 13.2 Å². The number of anilines is 2. The molecule has 7 nitrogen and oxygen atoms in total. The van der Waals surface area contributed by atoms with Gasteiger partial charge in [0, 0.05) is 44.5 Å². The monoisotopic (exact) mass is 400 g/mol. The van der Waals surface area contributed by atoms with Gasteiger partial charge in [-0.1, -0.05) is 6.07 Å². The van der Waals surface area contributed by atoms with Crippen molar-refractivity contribution in [2.24, 2.45) is 0 Å². The zero-order valence-corrected chi connectivity index (χ0v) is 16.5. The van der Waals surface area contributed by atoms with E-state index in [1.165, 1.54) is 4.31 Å². The molecule has 2 saturated heterocycles. The first kappa shape index (κ1) is 18.7. The van der Waals surface area contributed by atoms with Gasteiger partial charge in [-0.15, -0.1) is 0 Å². The molecule has 148 valence electrons. The third-order valence-corrected chi connectivity index (χ3v) is 7.16. The standard InChI is InChI=1S/C20H24N4O3S/c25-20(23-14-12-22(13-15-23)19-5-1-2-10-21-19)17-6-8-18(9-7-17)24-11-3-4-16-28(24,26)27/h1-2,5-10H,3-4,11-16H2. The average molecular weight is 401 g/mol. The van der Waals surface area contributed by atoms with E-state index in [-0.39, 0.29) is 11.7 Å². The molecule has 0 unspecified atom stereocenters. The van der Waals surface area contributed by atoms with Crippen molar-refractivity contribution in [2.75, 3.05) is 47.7 Å². The summed E-state index contributed by atoms with van der Waals surface area (Å²) in [6.07, 6.45) is 3.34. The number of hydrogen-bond acceptors (Lipinski definition) is 5. The Hall–Kier alpha value is -2.61. The number of carbonyl (C=O) groups is 1. The van der Waals surface area contributed by atoms with Crippen molar-refractivity contribution in [2.45, 2.75) is 12.8 Å². The summed E-state index contributed by atoms with van der Waals surface area (Å²) in [6.45, 7) is 3.26. The Morgan fingerprint density at radius 3 is 2.29 bits per heavy atom. The fourth-order valence-corrected chi connectivity index (χ4v) is 5.35. The maximum atomic E-state index is 12.8. The highest BCUT2D eigenvalue weighted by atomic mass is 32.2. The van der Waals surface area contributed by atoms with Crippen LogP contribution in [0.3, 0.4) is 0 Å². The fraction of sp³-hybridized carbons (Fsp3) is 0.400. The number of amides is 1. The normalized spacial score (nSPS) is 19.5. The minimum atomic E-state index is -3.24. The van der Waals surface area contributed by atoms with Crippen LogP contribution >= 0.6 is 0 Å². The van der Waals surface area contributed by atoms with E-state index in [0.29, 0.717) is 37.3 Å². The van der Waals surface area contributed by atoms with E-state index in [9.17, 15) is 13.2 Å². The van der Waals surface area contributed by atoms with Gasteiger partial charge in [0.25, 0.3) is 5.91 Å². The highest BCUT2D eigenvalue weighted by molar-refractivity contribution is 7.92. The second-order valence-corrected chi connectivity index (χ2v) is 9.12. The first-order valence-electron chi connectivity index (χ1n) is 9.60. The lowest BCUT2D eigenvalue weighted by Gasteiger charge is -2.35. The minimum absolute atomic E-state index is 0.0197. The number of nitrogens with zero attached hydrogens (tertiary/aromatic N) is 4. The topological polar surface area (TPSA) is 73.8 Å². The van der Waals surface area contributed by atoms with E-state index in [1.54, 1.807) is 30.5 Å². The second kappa shape index (κ2) is 7.79. The SMILES string of the molecule is O=C(c1ccc(N2CCCCS2(=O)=O)cc1)N1CCN(c2ccccn2)CC1. The number of sulfonamides is 1. The molecule has 2 aliphatic heterocycles. The van der Waals surface area contributed by atoms with E-state index in [4.69, 9.17) is 0 Å². The van der Waals surface area contributed by atoms with Crippen molar-refractivity contribution >= 4 is 27.4 Å². The van der Waals surface area contributed by atoms with Gasteiger partial charge < -0.3 is 9.80 Å². The highest BCUT2D eigenvalue weighted by Crippen LogP contribution is 2.24. The zero-order chi connectivity index (χ0) is 19.6. The van der Waals surface area contributed by atoms with E-state index >= 15 is 0 Å². The van der Waals surface area contributed by atoms with E-state index in [2.05, 4.69) is 9.88 Å². The van der Waals surface area contributed by atoms with Crippen molar-refractivity contribution in [3.05, 3.63) is 54.2 Å². The van der Waals surface area contributed by atoms with Crippen LogP contribution in [0.4, 0.5) is 11.5 Å². The van der Waals surface area contributed by atoms with E-state index in [0.717, 1.165) is 25.3 Å². The summed E-state index contributed by atoms with van der Waals surface area (Å²) in [5.74, 6) is 1.10. The molecule has 0 N–H and O–H groups in total. The lowest BCUT2D eigenvalue weighted by atomic mass is 10.1. The van der Waals surface area contributed by atoms with Crippen LogP contribution < -0.4 is 9.21 Å². The van der Waals surface area contributed by atoms with Gasteiger partial charge in [0.2, 0.25) is 10.0 Å². The van der Waals surface area contributed by atoms with Crippen LogP contribution in [0.5, 0.6) is 0 Å². The fourth-order valence-electron chi connectivity index (χ4n) is 3.71. The summed E-state index contributed by atoms with van der Waals surface area (Å²) in [6, 6.07) is 12.8. The average Bonchev–Trinajstić information content (AvgIpc) is 2.74. The summed E-state index contributed by atoms with van der Waals surface area (Å²) in [5.41, 5.74) is 1.22. The minimum Gasteiger partial charge on any atom is -0.353 e. The van der Waals surface area contributed by atoms with Crippen LogP contribution in [0.1, 0.15) is 23.2 Å². The Morgan fingerprint density at radius 2 is 1.64 bits per heavy atom. The van der Waals surface area contributed by atoms with Crippen LogP contribution in [-0.2, 0) is 10.0 Å². The van der Waals surface area contributed by atoms with Gasteiger partial charge in [-0.25, -0.2) is 13.4 Å². The van der Waals surface area contributed by atoms with Gasteiger partial charge in [-0.05, 0) is 49.2 Å². The highest BCUT2D eigenvalue weighted by Gasteiger charge is 2.27. The third kappa shape index (κ3) is 3.82. The van der Waals surface area contributed by atoms with Gasteiger partial charge in [-0.3, -0.25) is 9.10 Å². The van der Waals surface area contributed by atoms with Crippen molar-refractivity contribution in [1.29, 1.82) is 0 Å². The first-order valence-corrected chi connectivity index (χ1v) is 11.2. The van der Waals surface area contributed by atoms with Gasteiger partial charge >= 0.3 is 0 Å². The molecule has 0 bridgehead atoms. The summed E-state index contributed by atoms with van der Waals surface area (Å²) in [4.78, 5) is 21.2. The summed E-state index contributed by atoms with van der Waals surface area (Å²) in [5, 5.41) is 0. The molecular weight excluding hydrogens is 376 g/mol. The van der Waals surface area contributed by atoms with Crippen molar-refractivity contribution in [3.63, 3.8) is 0 Å². The van der Waals surface area contributed by atoms with Crippen LogP contribution in [-0.4, -0.2) is 62.7 Å². The van der Waals surface area contributed by atoms with Crippen molar-refractivity contribution in [3.8, 4) is 0 Å². The lowest BCUT2D eigenvalue weighted by molar-refractivity contribution is 0.0746. The molecule has 4 rings (SSSR count). The molecule has 0 aliphatic carbocycles. The molecule has 0 spiro atoms. The molecule has 0 atom stereocenters. The summed E-state index contributed by atoms with van der Waals surface area (Å²) in [7, 11) is -3.24. The molecular formula is C20H24N4O3S. The maximum absolute atomic E-state index is 12.8. The second-order valence-electron chi connectivity index (χ2n) is 7.11. The summed E-state index contributed by atoms with van der Waals surface area (Å²) < 4.78 is 25.9. The Balaban J connectivity index is 1.40. The Labute approximate surface area is 165 Å². The van der Waals surface area contributed by atoms with Gasteiger partial charge in [0.05, 0.1) is 11.4 Å². The molecule has 3 heterocycles. The van der Waals surface area contributed by atoms with Crippen LogP contribution in [0.2, 0.25) is 0 Å². The molecule has 2 aromatic rings. The number of carbonyl (C=O) groups excluding carboxylic acids is 1. The van der Waals surface area contributed by atoms with E-state index in [1.807, 2.05) is 23.1 Å². The Morgan fingerprint density at radius 1 is 0.893 bits per heavy atom. The molecule has 0 saturated carbocycles. The summed E-state index contributed by atoms with van der Waals surface area (Å²) >= 11 is 0. The van der Waals surface area contributed by atoms with Crippen LogP contribution in [0, 0.1) is 0 Å².